The van der Waals surface area contributed by atoms with Gasteiger partial charge in [0.05, 0.1) is 19.8 Å². The number of methoxy groups -OCH3 is 2. The summed E-state index contributed by atoms with van der Waals surface area (Å²) < 4.78 is 9.79. The number of anilines is 1. The van der Waals surface area contributed by atoms with Crippen molar-refractivity contribution in [2.75, 3.05) is 19.5 Å². The van der Waals surface area contributed by atoms with E-state index in [0.29, 0.717) is 21.8 Å². The van der Waals surface area contributed by atoms with Crippen molar-refractivity contribution < 1.29 is 23.9 Å². The Morgan fingerprint density at radius 2 is 2.03 bits per heavy atom. The van der Waals surface area contributed by atoms with Crippen LogP contribution in [0.5, 0.6) is 0 Å². The molecule has 1 saturated heterocycles. The van der Waals surface area contributed by atoms with E-state index in [0.717, 1.165) is 12.8 Å². The van der Waals surface area contributed by atoms with Crippen LogP contribution in [-0.2, 0) is 29.4 Å². The summed E-state index contributed by atoms with van der Waals surface area (Å²) in [6.07, 6.45) is 4.43. The molecule has 3 unspecified atom stereocenters. The van der Waals surface area contributed by atoms with Gasteiger partial charge in [-0.15, -0.1) is 0 Å². The lowest BCUT2D eigenvalue weighted by Crippen LogP contribution is -2.53. The number of halogens is 1. The molecule has 7 nitrogen and oxygen atoms in total. The van der Waals surface area contributed by atoms with Crippen molar-refractivity contribution in [2.45, 2.75) is 37.4 Å². The third kappa shape index (κ3) is 2.64. The van der Waals surface area contributed by atoms with Gasteiger partial charge in [0.2, 0.25) is 0 Å². The van der Waals surface area contributed by atoms with Gasteiger partial charge in [-0.05, 0) is 49.6 Å². The van der Waals surface area contributed by atoms with E-state index in [1.165, 1.54) is 20.3 Å². The van der Waals surface area contributed by atoms with Gasteiger partial charge in [0, 0.05) is 34.4 Å². The highest BCUT2D eigenvalue weighted by Crippen LogP contribution is 2.57. The largest absolute Gasteiger partial charge is 0.466 e. The zero-order valence-corrected chi connectivity index (χ0v) is 17.1. The predicted octanol–water partition coefficient (Wildman–Crippen LogP) is 2.55. The Hall–Kier alpha value is -2.64. The third-order valence-corrected chi connectivity index (χ3v) is 6.24. The van der Waals surface area contributed by atoms with Crippen LogP contribution in [0.2, 0.25) is 5.02 Å². The molecule has 1 fully saturated rings. The molecule has 0 saturated carbocycles. The van der Waals surface area contributed by atoms with Gasteiger partial charge in [-0.2, -0.15) is 0 Å². The molecule has 1 amide bonds. The first-order chi connectivity index (χ1) is 13.9. The van der Waals surface area contributed by atoms with Gasteiger partial charge in [-0.3, -0.25) is 9.69 Å². The van der Waals surface area contributed by atoms with Crippen LogP contribution in [0.4, 0.5) is 5.69 Å². The minimum absolute atomic E-state index is 0.0272. The number of benzene rings is 1. The molecule has 3 aliphatic rings. The maximum atomic E-state index is 13.5. The lowest BCUT2D eigenvalue weighted by Gasteiger charge is -2.38. The number of carbonyl (C=O) groups excluding carboxylic acids is 3. The first-order valence-electron chi connectivity index (χ1n) is 9.35. The van der Waals surface area contributed by atoms with Crippen LogP contribution >= 0.6 is 11.6 Å². The monoisotopic (exact) mass is 416 g/mol. The predicted molar refractivity (Wildman–Crippen MR) is 106 cm³/mol. The second kappa shape index (κ2) is 7.00. The summed E-state index contributed by atoms with van der Waals surface area (Å²) in [7, 11) is 2.56. The Balaban J connectivity index is 2.03. The summed E-state index contributed by atoms with van der Waals surface area (Å²) >= 11 is 6.27. The number of fused-ring (bicyclic) bond motifs is 4. The van der Waals surface area contributed by atoms with Crippen molar-refractivity contribution in [1.29, 1.82) is 0 Å². The molecule has 1 spiro atoms. The summed E-state index contributed by atoms with van der Waals surface area (Å²) in [5.41, 5.74) is 0.682. The van der Waals surface area contributed by atoms with Gasteiger partial charge < -0.3 is 14.8 Å². The fourth-order valence-electron chi connectivity index (χ4n) is 4.91. The van der Waals surface area contributed by atoms with E-state index >= 15 is 0 Å². The SMILES string of the molecule is COC(=O)/C=C/C1=C(C(=O)OC)C2(C(=O)Nc3ccc(Cl)cc32)N2C(C)CCC12. The number of amides is 1. The van der Waals surface area contributed by atoms with Crippen molar-refractivity contribution in [3.05, 3.63) is 52.1 Å². The molecule has 3 heterocycles. The average molecular weight is 417 g/mol. The number of hydrogen-bond donors (Lipinski definition) is 1. The number of carbonyl (C=O) groups is 3. The summed E-state index contributed by atoms with van der Waals surface area (Å²) in [5.74, 6) is -1.48. The van der Waals surface area contributed by atoms with Gasteiger partial charge in [-0.25, -0.2) is 9.59 Å². The lowest BCUT2D eigenvalue weighted by molar-refractivity contribution is -0.140. The second-order valence-electron chi connectivity index (χ2n) is 7.38. The number of nitrogens with one attached hydrogen (secondary N) is 1. The topological polar surface area (TPSA) is 84.9 Å². The molecule has 0 aliphatic carbocycles. The minimum Gasteiger partial charge on any atom is -0.466 e. The van der Waals surface area contributed by atoms with Gasteiger partial charge >= 0.3 is 11.9 Å². The smallest absolute Gasteiger partial charge is 0.336 e. The average Bonchev–Trinajstić information content (AvgIpc) is 3.32. The van der Waals surface area contributed by atoms with Gasteiger partial charge in [-0.1, -0.05) is 11.6 Å². The Labute approximate surface area is 173 Å². The lowest BCUT2D eigenvalue weighted by atomic mass is 9.81. The fraction of sp³-hybridized carbons (Fsp3) is 0.381. The van der Waals surface area contributed by atoms with Crippen LogP contribution in [0, 0.1) is 0 Å². The highest BCUT2D eigenvalue weighted by Gasteiger charge is 2.65. The molecule has 152 valence electrons. The first-order valence-corrected chi connectivity index (χ1v) is 9.73. The quantitative estimate of drug-likeness (QED) is 0.602. The van der Waals surface area contributed by atoms with Crippen LogP contribution in [0.3, 0.4) is 0 Å². The highest BCUT2D eigenvalue weighted by atomic mass is 35.5. The highest BCUT2D eigenvalue weighted by molar-refractivity contribution is 6.31. The molecule has 1 aromatic carbocycles. The molecule has 1 aromatic rings. The molecule has 3 aliphatic heterocycles. The second-order valence-corrected chi connectivity index (χ2v) is 7.82. The van der Waals surface area contributed by atoms with Crippen LogP contribution in [0.1, 0.15) is 25.3 Å². The maximum Gasteiger partial charge on any atom is 0.336 e. The van der Waals surface area contributed by atoms with E-state index in [2.05, 4.69) is 5.32 Å². The van der Waals surface area contributed by atoms with E-state index in [4.69, 9.17) is 21.1 Å². The number of rotatable bonds is 3. The van der Waals surface area contributed by atoms with E-state index in [9.17, 15) is 14.4 Å². The molecular weight excluding hydrogens is 396 g/mol. The summed E-state index contributed by atoms with van der Waals surface area (Å²) in [6, 6.07) is 4.96. The number of nitrogens with zero attached hydrogens (tertiary/aromatic N) is 1. The van der Waals surface area contributed by atoms with E-state index in [1.54, 1.807) is 24.3 Å². The van der Waals surface area contributed by atoms with Crippen molar-refractivity contribution in [3.8, 4) is 0 Å². The first kappa shape index (κ1) is 19.7. The van der Waals surface area contributed by atoms with Crippen molar-refractivity contribution in [2.24, 2.45) is 0 Å². The Bertz CT molecular complexity index is 985. The molecule has 29 heavy (non-hydrogen) atoms. The summed E-state index contributed by atoms with van der Waals surface area (Å²) in [4.78, 5) is 40.3. The van der Waals surface area contributed by atoms with Crippen LogP contribution < -0.4 is 5.32 Å². The fourth-order valence-corrected chi connectivity index (χ4v) is 5.08. The standard InChI is InChI=1S/C21H21ClN2O5/c1-11-4-8-16-13(6-9-17(25)28-2)18(19(26)29-3)21(24(11)16)14-10-12(22)5-7-15(14)23-20(21)27/h5-7,9-11,16H,4,8H2,1-3H3,(H,23,27)/b9-6+. The Kier molecular flexibility index (Phi) is 4.75. The molecule has 0 aromatic heterocycles. The maximum absolute atomic E-state index is 13.5. The molecule has 3 atom stereocenters. The molecule has 1 N–H and O–H groups in total. The van der Waals surface area contributed by atoms with Crippen LogP contribution in [0.15, 0.2) is 41.5 Å². The van der Waals surface area contributed by atoms with Gasteiger partial charge in [0.25, 0.3) is 5.91 Å². The zero-order chi connectivity index (χ0) is 20.9. The van der Waals surface area contributed by atoms with E-state index < -0.39 is 17.5 Å². The van der Waals surface area contributed by atoms with Crippen molar-refractivity contribution in [3.63, 3.8) is 0 Å². The molecule has 4 rings (SSSR count). The summed E-state index contributed by atoms with van der Waals surface area (Å²) in [6.45, 7) is 2.03. The minimum atomic E-state index is -1.36. The molecule has 0 bridgehead atoms. The third-order valence-electron chi connectivity index (χ3n) is 6.00. The Morgan fingerprint density at radius 3 is 2.72 bits per heavy atom. The van der Waals surface area contributed by atoms with E-state index in [1.807, 2.05) is 11.8 Å². The molecule has 8 heteroatoms. The summed E-state index contributed by atoms with van der Waals surface area (Å²) in [5, 5.41) is 3.36. The van der Waals surface area contributed by atoms with Crippen LogP contribution in [-0.4, -0.2) is 49.0 Å². The van der Waals surface area contributed by atoms with Crippen molar-refractivity contribution >= 4 is 35.1 Å². The molecular formula is C21H21ClN2O5. The zero-order valence-electron chi connectivity index (χ0n) is 16.3. The Morgan fingerprint density at radius 1 is 1.28 bits per heavy atom. The number of esters is 2. The normalized spacial score (nSPS) is 28.1. The van der Waals surface area contributed by atoms with Crippen LogP contribution in [0.25, 0.3) is 0 Å². The van der Waals surface area contributed by atoms with E-state index in [-0.39, 0.29) is 23.6 Å². The number of ether oxygens (including phenoxy) is 2. The van der Waals surface area contributed by atoms with Gasteiger partial charge in [0.15, 0.2) is 5.54 Å². The van der Waals surface area contributed by atoms with Gasteiger partial charge in [0.1, 0.15) is 0 Å². The molecule has 0 radical (unpaired) electrons. The van der Waals surface area contributed by atoms with Crippen molar-refractivity contribution in [1.82, 2.24) is 4.90 Å². The number of hydrogen-bond acceptors (Lipinski definition) is 6.